The Morgan fingerprint density at radius 1 is 1.13 bits per heavy atom. The van der Waals surface area contributed by atoms with Gasteiger partial charge in [0.2, 0.25) is 5.95 Å². The van der Waals surface area contributed by atoms with Crippen molar-refractivity contribution in [2.45, 2.75) is 0 Å². The quantitative estimate of drug-likeness (QED) is 0.700. The molecule has 0 aliphatic carbocycles. The maximum absolute atomic E-state index is 13.1. The molecule has 0 aliphatic rings. The number of hydrogen-bond acceptors (Lipinski definition) is 2. The van der Waals surface area contributed by atoms with E-state index in [-0.39, 0.29) is 0 Å². The zero-order valence-electron chi connectivity index (χ0n) is 8.27. The lowest BCUT2D eigenvalue weighted by Crippen LogP contribution is -1.91. The number of nitrogens with zero attached hydrogens (tertiary/aromatic N) is 1. The molecule has 0 N–H and O–H groups in total. The maximum Gasteiger partial charge on any atom is 0.217 e. The predicted octanol–water partition coefficient (Wildman–Crippen LogP) is 2.90. The third-order valence-corrected chi connectivity index (χ3v) is 2.07. The molecular formula is C12H10FNO. The Balaban J connectivity index is 2.49. The molecule has 3 heteroatoms. The van der Waals surface area contributed by atoms with Crippen molar-refractivity contribution in [1.82, 2.24) is 4.98 Å². The fourth-order valence-corrected chi connectivity index (χ4v) is 1.35. The van der Waals surface area contributed by atoms with Gasteiger partial charge in [-0.3, -0.25) is 0 Å². The van der Waals surface area contributed by atoms with Gasteiger partial charge in [0.05, 0.1) is 12.8 Å². The molecule has 1 heterocycles. The normalized spacial score (nSPS) is 10.0. The molecule has 2 nitrogen and oxygen atoms in total. The molecule has 0 atom stereocenters. The van der Waals surface area contributed by atoms with E-state index in [1.165, 1.54) is 13.2 Å². The molecule has 0 radical (unpaired) electrons. The lowest BCUT2D eigenvalue weighted by Gasteiger charge is -2.04. The van der Waals surface area contributed by atoms with Crippen molar-refractivity contribution in [3.63, 3.8) is 0 Å². The molecule has 0 unspecified atom stereocenters. The van der Waals surface area contributed by atoms with Crippen LogP contribution in [-0.2, 0) is 0 Å². The van der Waals surface area contributed by atoms with Gasteiger partial charge in [-0.25, -0.2) is 4.98 Å². The van der Waals surface area contributed by atoms with Crippen molar-refractivity contribution in [3.05, 3.63) is 48.4 Å². The highest BCUT2D eigenvalue weighted by Crippen LogP contribution is 2.22. The van der Waals surface area contributed by atoms with Gasteiger partial charge in [0.25, 0.3) is 0 Å². The molecule has 1 aromatic carbocycles. The van der Waals surface area contributed by atoms with Gasteiger partial charge in [-0.1, -0.05) is 30.3 Å². The summed E-state index contributed by atoms with van der Waals surface area (Å²) in [6, 6.07) is 12.4. The van der Waals surface area contributed by atoms with Gasteiger partial charge in [0, 0.05) is 17.7 Å². The first-order valence-electron chi connectivity index (χ1n) is 4.56. The van der Waals surface area contributed by atoms with E-state index in [4.69, 9.17) is 4.74 Å². The predicted molar refractivity (Wildman–Crippen MR) is 56.2 cm³/mol. The number of aromatic nitrogens is 1. The second-order valence-electron chi connectivity index (χ2n) is 3.08. The van der Waals surface area contributed by atoms with Crippen LogP contribution in [0.3, 0.4) is 0 Å². The molecule has 1 aromatic heterocycles. The second kappa shape index (κ2) is 4.09. The first kappa shape index (κ1) is 9.65. The van der Waals surface area contributed by atoms with Gasteiger partial charge in [-0.15, -0.1) is 0 Å². The number of methoxy groups -OCH3 is 1. The van der Waals surface area contributed by atoms with Crippen LogP contribution < -0.4 is 4.74 Å². The number of ether oxygens (including phenoxy) is 1. The molecule has 0 amide bonds. The minimum atomic E-state index is -0.534. The minimum Gasteiger partial charge on any atom is -0.497 e. The Morgan fingerprint density at radius 3 is 2.53 bits per heavy atom. The van der Waals surface area contributed by atoms with Gasteiger partial charge in [0.15, 0.2) is 0 Å². The van der Waals surface area contributed by atoms with E-state index in [2.05, 4.69) is 4.98 Å². The molecule has 0 fully saturated rings. The average molecular weight is 203 g/mol. The Hall–Kier alpha value is -1.90. The van der Waals surface area contributed by atoms with Crippen LogP contribution >= 0.6 is 0 Å². The van der Waals surface area contributed by atoms with Crippen LogP contribution in [0.1, 0.15) is 0 Å². The van der Waals surface area contributed by atoms with Gasteiger partial charge in [0.1, 0.15) is 5.75 Å². The van der Waals surface area contributed by atoms with Gasteiger partial charge in [-0.05, 0) is 0 Å². The molecule has 15 heavy (non-hydrogen) atoms. The van der Waals surface area contributed by atoms with E-state index < -0.39 is 5.95 Å². The summed E-state index contributed by atoms with van der Waals surface area (Å²) in [5.41, 5.74) is 1.45. The summed E-state index contributed by atoms with van der Waals surface area (Å²) < 4.78 is 18.1. The molecule has 0 aliphatic heterocycles. The van der Waals surface area contributed by atoms with Gasteiger partial charge in [-0.2, -0.15) is 4.39 Å². The lowest BCUT2D eigenvalue weighted by atomic mass is 10.1. The molecule has 0 saturated heterocycles. The number of halogens is 1. The molecule has 2 rings (SSSR count). The molecule has 2 aromatic rings. The Kier molecular flexibility index (Phi) is 2.63. The van der Waals surface area contributed by atoms with Gasteiger partial charge < -0.3 is 4.74 Å². The van der Waals surface area contributed by atoms with E-state index in [1.807, 2.05) is 30.3 Å². The highest BCUT2D eigenvalue weighted by atomic mass is 19.1. The van der Waals surface area contributed by atoms with Crippen LogP contribution in [-0.4, -0.2) is 12.1 Å². The number of rotatable bonds is 2. The summed E-state index contributed by atoms with van der Waals surface area (Å²) in [6.07, 6.45) is 0. The molecule has 0 spiro atoms. The van der Waals surface area contributed by atoms with E-state index in [0.717, 1.165) is 5.56 Å². The van der Waals surface area contributed by atoms with E-state index in [1.54, 1.807) is 6.07 Å². The van der Waals surface area contributed by atoms with Crippen LogP contribution in [0.4, 0.5) is 4.39 Å². The Morgan fingerprint density at radius 2 is 1.87 bits per heavy atom. The van der Waals surface area contributed by atoms with Crippen LogP contribution in [0, 0.1) is 5.95 Å². The van der Waals surface area contributed by atoms with Crippen molar-refractivity contribution in [2.24, 2.45) is 0 Å². The first-order valence-corrected chi connectivity index (χ1v) is 4.56. The van der Waals surface area contributed by atoms with E-state index in [9.17, 15) is 4.39 Å². The monoisotopic (exact) mass is 203 g/mol. The van der Waals surface area contributed by atoms with Crippen molar-refractivity contribution < 1.29 is 9.13 Å². The summed E-state index contributed by atoms with van der Waals surface area (Å²) in [4.78, 5) is 3.81. The SMILES string of the molecule is COc1cc(F)nc(-c2ccccc2)c1. The third kappa shape index (κ3) is 2.13. The first-order chi connectivity index (χ1) is 7.29. The van der Waals surface area contributed by atoms with Crippen LogP contribution in [0.2, 0.25) is 0 Å². The highest BCUT2D eigenvalue weighted by molar-refractivity contribution is 5.60. The topological polar surface area (TPSA) is 22.1 Å². The summed E-state index contributed by atoms with van der Waals surface area (Å²) in [7, 11) is 1.50. The van der Waals surface area contributed by atoms with Crippen LogP contribution in [0.5, 0.6) is 5.75 Å². The van der Waals surface area contributed by atoms with E-state index >= 15 is 0 Å². The summed E-state index contributed by atoms with van der Waals surface area (Å²) in [6.45, 7) is 0. The summed E-state index contributed by atoms with van der Waals surface area (Å²) in [5, 5.41) is 0. The molecule has 0 bridgehead atoms. The Bertz CT molecular complexity index is 456. The fourth-order valence-electron chi connectivity index (χ4n) is 1.35. The largest absolute Gasteiger partial charge is 0.497 e. The van der Waals surface area contributed by atoms with Crippen molar-refractivity contribution >= 4 is 0 Å². The minimum absolute atomic E-state index is 0.473. The van der Waals surface area contributed by atoms with Crippen molar-refractivity contribution in [1.29, 1.82) is 0 Å². The third-order valence-electron chi connectivity index (χ3n) is 2.07. The smallest absolute Gasteiger partial charge is 0.217 e. The second-order valence-corrected chi connectivity index (χ2v) is 3.08. The summed E-state index contributed by atoms with van der Waals surface area (Å²) >= 11 is 0. The zero-order chi connectivity index (χ0) is 10.7. The molecule has 76 valence electrons. The van der Waals surface area contributed by atoms with Crippen molar-refractivity contribution in [3.8, 4) is 17.0 Å². The number of pyridine rings is 1. The maximum atomic E-state index is 13.1. The van der Waals surface area contributed by atoms with Crippen molar-refractivity contribution in [2.75, 3.05) is 7.11 Å². The van der Waals surface area contributed by atoms with E-state index in [0.29, 0.717) is 11.4 Å². The standard InChI is InChI=1S/C12H10FNO/c1-15-10-7-11(14-12(13)8-10)9-5-3-2-4-6-9/h2-8H,1H3. The summed E-state index contributed by atoms with van der Waals surface area (Å²) in [5.74, 6) is -0.0606. The lowest BCUT2D eigenvalue weighted by molar-refractivity contribution is 0.409. The van der Waals surface area contributed by atoms with Gasteiger partial charge >= 0.3 is 0 Å². The van der Waals surface area contributed by atoms with Crippen LogP contribution in [0.15, 0.2) is 42.5 Å². The average Bonchev–Trinajstić information content (AvgIpc) is 2.29. The molecular weight excluding hydrogens is 193 g/mol. The fraction of sp³-hybridized carbons (Fsp3) is 0.0833. The zero-order valence-corrected chi connectivity index (χ0v) is 8.27. The van der Waals surface area contributed by atoms with Crippen LogP contribution in [0.25, 0.3) is 11.3 Å². The number of hydrogen-bond donors (Lipinski definition) is 0. The highest BCUT2D eigenvalue weighted by Gasteiger charge is 2.04. The Labute approximate surface area is 87.4 Å². The number of benzene rings is 1. The molecule has 0 saturated carbocycles.